The summed E-state index contributed by atoms with van der Waals surface area (Å²) in [5.41, 5.74) is 6.95. The Bertz CT molecular complexity index is 406. The van der Waals surface area contributed by atoms with Gasteiger partial charge in [-0.25, -0.2) is 4.39 Å². The molecule has 3 N–H and O–H groups in total. The summed E-state index contributed by atoms with van der Waals surface area (Å²) in [7, 11) is 0. The number of nitrogens with two attached hydrogens (primary N) is 1. The molecule has 0 saturated carbocycles. The molecule has 1 amide bonds. The van der Waals surface area contributed by atoms with Gasteiger partial charge in [-0.1, -0.05) is 12.1 Å². The molecule has 1 aliphatic carbocycles. The van der Waals surface area contributed by atoms with Crippen molar-refractivity contribution in [1.29, 1.82) is 0 Å². The largest absolute Gasteiger partial charge is 0.349 e. The first-order valence-corrected chi connectivity index (χ1v) is 5.49. The minimum atomic E-state index is -0.173. The normalized spacial score (nSPS) is 18.2. The van der Waals surface area contributed by atoms with Crippen LogP contribution in [0.15, 0.2) is 18.2 Å². The molecule has 1 aliphatic rings. The average molecular weight is 222 g/mol. The molecule has 86 valence electrons. The Morgan fingerprint density at radius 3 is 3.12 bits per heavy atom. The van der Waals surface area contributed by atoms with Gasteiger partial charge in [-0.2, -0.15) is 0 Å². The van der Waals surface area contributed by atoms with Gasteiger partial charge in [0, 0.05) is 13.0 Å². The number of hydrogen-bond donors (Lipinski definition) is 2. The predicted molar refractivity (Wildman–Crippen MR) is 59.3 cm³/mol. The maximum atomic E-state index is 13.4. The predicted octanol–water partition coefficient (Wildman–Crippen LogP) is 1.28. The Kier molecular flexibility index (Phi) is 3.19. The highest BCUT2D eigenvalue weighted by Crippen LogP contribution is 2.32. The van der Waals surface area contributed by atoms with Crippen LogP contribution in [-0.2, 0) is 11.2 Å². The van der Waals surface area contributed by atoms with E-state index in [0.29, 0.717) is 19.4 Å². The fourth-order valence-electron chi connectivity index (χ4n) is 2.16. The van der Waals surface area contributed by atoms with Crippen LogP contribution in [0.1, 0.15) is 30.0 Å². The van der Waals surface area contributed by atoms with Crippen molar-refractivity contribution in [3.63, 3.8) is 0 Å². The molecule has 0 heterocycles. The number of nitrogens with one attached hydrogen (secondary N) is 1. The zero-order valence-corrected chi connectivity index (χ0v) is 9.00. The molecule has 1 aromatic rings. The monoisotopic (exact) mass is 222 g/mol. The zero-order valence-electron chi connectivity index (χ0n) is 9.00. The van der Waals surface area contributed by atoms with Gasteiger partial charge in [0.2, 0.25) is 5.91 Å². The van der Waals surface area contributed by atoms with Crippen LogP contribution < -0.4 is 11.1 Å². The highest BCUT2D eigenvalue weighted by Gasteiger charge is 2.25. The van der Waals surface area contributed by atoms with Crippen molar-refractivity contribution in [3.8, 4) is 0 Å². The van der Waals surface area contributed by atoms with Crippen molar-refractivity contribution in [3.05, 3.63) is 35.1 Å². The minimum absolute atomic E-state index is 0.0512. The van der Waals surface area contributed by atoms with Crippen LogP contribution in [0.3, 0.4) is 0 Å². The molecule has 0 radical (unpaired) electrons. The van der Waals surface area contributed by atoms with Gasteiger partial charge in [0.15, 0.2) is 0 Å². The van der Waals surface area contributed by atoms with Crippen LogP contribution in [0.2, 0.25) is 0 Å². The molecule has 0 fully saturated rings. The third-order valence-electron chi connectivity index (χ3n) is 2.92. The van der Waals surface area contributed by atoms with Crippen molar-refractivity contribution in [2.24, 2.45) is 5.73 Å². The molecule has 1 unspecified atom stereocenters. The number of carbonyl (C=O) groups is 1. The standard InChI is InChI=1S/C12H15FN2O/c13-10-3-1-2-9-8(10)4-5-11(9)15-12(16)6-7-14/h1-3,11H,4-7,14H2,(H,15,16). The number of rotatable bonds is 3. The summed E-state index contributed by atoms with van der Waals surface area (Å²) in [5.74, 6) is -0.238. The second-order valence-electron chi connectivity index (χ2n) is 4.01. The first-order valence-electron chi connectivity index (χ1n) is 5.49. The van der Waals surface area contributed by atoms with Gasteiger partial charge >= 0.3 is 0 Å². The van der Waals surface area contributed by atoms with Crippen LogP contribution in [0.5, 0.6) is 0 Å². The second-order valence-corrected chi connectivity index (χ2v) is 4.01. The summed E-state index contributed by atoms with van der Waals surface area (Å²) in [5, 5.41) is 2.88. The second kappa shape index (κ2) is 4.61. The first-order chi connectivity index (χ1) is 7.72. The van der Waals surface area contributed by atoms with Gasteiger partial charge in [-0.3, -0.25) is 4.79 Å². The van der Waals surface area contributed by atoms with Crippen molar-refractivity contribution in [2.75, 3.05) is 6.54 Å². The van der Waals surface area contributed by atoms with E-state index in [0.717, 1.165) is 17.5 Å². The van der Waals surface area contributed by atoms with Gasteiger partial charge in [0.05, 0.1) is 6.04 Å². The Morgan fingerprint density at radius 1 is 1.56 bits per heavy atom. The molecule has 0 saturated heterocycles. The van der Waals surface area contributed by atoms with E-state index in [2.05, 4.69) is 5.32 Å². The van der Waals surface area contributed by atoms with Crippen molar-refractivity contribution in [1.82, 2.24) is 5.32 Å². The minimum Gasteiger partial charge on any atom is -0.349 e. The quantitative estimate of drug-likeness (QED) is 0.809. The fraction of sp³-hybridized carbons (Fsp3) is 0.417. The summed E-state index contributed by atoms with van der Waals surface area (Å²) in [6.07, 6.45) is 1.78. The van der Waals surface area contributed by atoms with Gasteiger partial charge in [-0.15, -0.1) is 0 Å². The lowest BCUT2D eigenvalue weighted by Crippen LogP contribution is -2.28. The highest BCUT2D eigenvalue weighted by molar-refractivity contribution is 5.76. The molecule has 0 bridgehead atoms. The smallest absolute Gasteiger partial charge is 0.221 e. The number of fused-ring (bicyclic) bond motifs is 1. The summed E-state index contributed by atoms with van der Waals surface area (Å²) in [4.78, 5) is 11.4. The summed E-state index contributed by atoms with van der Waals surface area (Å²) < 4.78 is 13.4. The SMILES string of the molecule is NCCC(=O)NC1CCc2c(F)cccc21. The molecule has 4 heteroatoms. The molecular formula is C12H15FN2O. The van der Waals surface area contributed by atoms with Crippen LogP contribution in [-0.4, -0.2) is 12.5 Å². The molecule has 0 aliphatic heterocycles. The maximum Gasteiger partial charge on any atom is 0.221 e. The van der Waals surface area contributed by atoms with Gasteiger partial charge < -0.3 is 11.1 Å². The molecular weight excluding hydrogens is 207 g/mol. The van der Waals surface area contributed by atoms with E-state index in [1.807, 2.05) is 6.07 Å². The van der Waals surface area contributed by atoms with Gasteiger partial charge in [0.25, 0.3) is 0 Å². The van der Waals surface area contributed by atoms with E-state index in [4.69, 9.17) is 5.73 Å². The van der Waals surface area contributed by atoms with Crippen molar-refractivity contribution >= 4 is 5.91 Å². The fourth-order valence-corrected chi connectivity index (χ4v) is 2.16. The highest BCUT2D eigenvalue weighted by atomic mass is 19.1. The summed E-state index contributed by atoms with van der Waals surface area (Å²) in [6.45, 7) is 0.342. The molecule has 3 nitrogen and oxygen atoms in total. The number of carbonyl (C=O) groups excluding carboxylic acids is 1. The number of benzene rings is 1. The third-order valence-corrected chi connectivity index (χ3v) is 2.92. The lowest BCUT2D eigenvalue weighted by Gasteiger charge is -2.13. The lowest BCUT2D eigenvalue weighted by atomic mass is 10.1. The van der Waals surface area contributed by atoms with Crippen LogP contribution in [0.25, 0.3) is 0 Å². The summed E-state index contributed by atoms with van der Waals surface area (Å²) >= 11 is 0. The van der Waals surface area contributed by atoms with E-state index in [1.165, 1.54) is 6.07 Å². The van der Waals surface area contributed by atoms with E-state index in [1.54, 1.807) is 6.07 Å². The molecule has 0 aromatic heterocycles. The summed E-state index contributed by atoms with van der Waals surface area (Å²) in [6, 6.07) is 4.97. The number of hydrogen-bond acceptors (Lipinski definition) is 2. The van der Waals surface area contributed by atoms with E-state index >= 15 is 0 Å². The molecule has 16 heavy (non-hydrogen) atoms. The number of amides is 1. The molecule has 1 atom stereocenters. The van der Waals surface area contributed by atoms with Crippen LogP contribution >= 0.6 is 0 Å². The van der Waals surface area contributed by atoms with Crippen molar-refractivity contribution in [2.45, 2.75) is 25.3 Å². The van der Waals surface area contributed by atoms with Crippen LogP contribution in [0, 0.1) is 5.82 Å². The first kappa shape index (κ1) is 11.1. The van der Waals surface area contributed by atoms with Gasteiger partial charge in [0.1, 0.15) is 5.82 Å². The third kappa shape index (κ3) is 2.07. The number of halogens is 1. The molecule has 1 aromatic carbocycles. The zero-order chi connectivity index (χ0) is 11.5. The Balaban J connectivity index is 2.12. The Labute approximate surface area is 93.8 Å². The van der Waals surface area contributed by atoms with Gasteiger partial charge in [-0.05, 0) is 30.0 Å². The average Bonchev–Trinajstić information content (AvgIpc) is 2.64. The molecule has 0 spiro atoms. The molecule has 2 rings (SSSR count). The maximum absolute atomic E-state index is 13.4. The lowest BCUT2D eigenvalue weighted by molar-refractivity contribution is -0.121. The Hall–Kier alpha value is -1.42. The topological polar surface area (TPSA) is 55.1 Å². The Morgan fingerprint density at radius 2 is 2.38 bits per heavy atom. The van der Waals surface area contributed by atoms with Crippen molar-refractivity contribution < 1.29 is 9.18 Å². The van der Waals surface area contributed by atoms with E-state index in [-0.39, 0.29) is 17.8 Å². The van der Waals surface area contributed by atoms with E-state index in [9.17, 15) is 9.18 Å². The van der Waals surface area contributed by atoms with Crippen LogP contribution in [0.4, 0.5) is 4.39 Å². The van der Waals surface area contributed by atoms with E-state index < -0.39 is 0 Å².